The zero-order valence-electron chi connectivity index (χ0n) is 14.6. The molecule has 1 aromatic rings. The van der Waals surface area contributed by atoms with Gasteiger partial charge in [0.25, 0.3) is 5.60 Å². The van der Waals surface area contributed by atoms with Crippen LogP contribution in [0.5, 0.6) is 0 Å². The molecule has 0 radical (unpaired) electrons. The van der Waals surface area contributed by atoms with Crippen molar-refractivity contribution in [3.05, 3.63) is 54.1 Å². The number of imide groups is 1. The lowest BCUT2D eigenvalue weighted by Gasteiger charge is -2.28. The van der Waals surface area contributed by atoms with Gasteiger partial charge in [0.05, 0.1) is 24.1 Å². The maximum absolute atomic E-state index is 13.4. The number of esters is 1. The number of alkyl halides is 3. The molecule has 0 bridgehead atoms. The van der Waals surface area contributed by atoms with Crippen molar-refractivity contribution in [2.45, 2.75) is 18.7 Å². The second kappa shape index (κ2) is 6.90. The highest BCUT2D eigenvalue weighted by atomic mass is 19.4. The van der Waals surface area contributed by atoms with Gasteiger partial charge in [-0.15, -0.1) is 0 Å². The predicted molar refractivity (Wildman–Crippen MR) is 90.8 cm³/mol. The van der Waals surface area contributed by atoms with Crippen molar-refractivity contribution in [2.24, 2.45) is 11.8 Å². The number of carbonyl (C=O) groups is 3. The number of nitrogens with zero attached hydrogens (tertiary/aromatic N) is 1. The molecular weight excluding hydrogens is 379 g/mol. The Labute approximate surface area is 157 Å². The molecule has 1 aromatic carbocycles. The van der Waals surface area contributed by atoms with Gasteiger partial charge in [0.1, 0.15) is 0 Å². The van der Waals surface area contributed by atoms with E-state index < -0.39 is 47.0 Å². The fraction of sp³-hybridized carbons (Fsp3) is 0.316. The van der Waals surface area contributed by atoms with Crippen LogP contribution in [-0.4, -0.2) is 35.7 Å². The molecule has 3 atom stereocenters. The molecule has 1 heterocycles. The summed E-state index contributed by atoms with van der Waals surface area (Å²) >= 11 is 0. The topological polar surface area (TPSA) is 83.9 Å². The minimum atomic E-state index is -5.33. The number of aliphatic hydroxyl groups is 1. The largest absolute Gasteiger partial charge is 0.463 e. The first-order valence-electron chi connectivity index (χ1n) is 8.42. The van der Waals surface area contributed by atoms with Crippen LogP contribution >= 0.6 is 0 Å². The average molecular weight is 395 g/mol. The third-order valence-corrected chi connectivity index (χ3v) is 4.67. The highest BCUT2D eigenvalue weighted by molar-refractivity contribution is 6.23. The zero-order valence-corrected chi connectivity index (χ0v) is 14.6. The molecule has 28 heavy (non-hydrogen) atoms. The molecule has 6 nitrogen and oxygen atoms in total. The summed E-state index contributed by atoms with van der Waals surface area (Å²) in [6.45, 7) is 0.959. The Balaban J connectivity index is 1.96. The molecule has 0 aromatic heterocycles. The van der Waals surface area contributed by atoms with Gasteiger partial charge in [0.2, 0.25) is 11.8 Å². The second-order valence-electron chi connectivity index (χ2n) is 6.31. The molecule has 3 rings (SSSR count). The van der Waals surface area contributed by atoms with Gasteiger partial charge in [0.15, 0.2) is 0 Å². The van der Waals surface area contributed by atoms with Crippen molar-refractivity contribution in [2.75, 3.05) is 11.5 Å². The summed E-state index contributed by atoms with van der Waals surface area (Å²) in [4.78, 5) is 37.7. The molecule has 2 unspecified atom stereocenters. The van der Waals surface area contributed by atoms with E-state index in [0.29, 0.717) is 0 Å². The van der Waals surface area contributed by atoms with Crippen LogP contribution in [0.4, 0.5) is 18.9 Å². The molecule has 1 fully saturated rings. The highest BCUT2D eigenvalue weighted by Gasteiger charge is 2.62. The Morgan fingerprint density at radius 2 is 1.57 bits per heavy atom. The van der Waals surface area contributed by atoms with E-state index in [1.807, 2.05) is 0 Å². The van der Waals surface area contributed by atoms with E-state index in [9.17, 15) is 32.7 Å². The van der Waals surface area contributed by atoms with Crippen LogP contribution in [0.3, 0.4) is 0 Å². The normalized spacial score (nSPS) is 23.5. The maximum atomic E-state index is 13.4. The van der Waals surface area contributed by atoms with Crippen LogP contribution < -0.4 is 4.90 Å². The first-order chi connectivity index (χ1) is 13.1. The van der Waals surface area contributed by atoms with Crippen LogP contribution in [-0.2, 0) is 24.7 Å². The Morgan fingerprint density at radius 3 is 2.00 bits per heavy atom. The van der Waals surface area contributed by atoms with Crippen molar-refractivity contribution in [3.8, 4) is 0 Å². The molecule has 2 aliphatic rings. The van der Waals surface area contributed by atoms with E-state index in [-0.39, 0.29) is 12.3 Å². The predicted octanol–water partition coefficient (Wildman–Crippen LogP) is 2.23. The number of amides is 2. The molecule has 1 N–H and O–H groups in total. The molecule has 0 saturated carbocycles. The number of ether oxygens (including phenoxy) is 1. The summed E-state index contributed by atoms with van der Waals surface area (Å²) in [6.07, 6.45) is 1.12. The molecule has 148 valence electrons. The molecule has 1 aliphatic carbocycles. The quantitative estimate of drug-likeness (QED) is 0.625. The summed E-state index contributed by atoms with van der Waals surface area (Å²) in [5.74, 6) is -4.18. The van der Waals surface area contributed by atoms with Gasteiger partial charge in [-0.1, -0.05) is 36.4 Å². The van der Waals surface area contributed by atoms with E-state index in [4.69, 9.17) is 0 Å². The van der Waals surface area contributed by atoms with Gasteiger partial charge >= 0.3 is 12.1 Å². The number of rotatable bonds is 4. The summed E-state index contributed by atoms with van der Waals surface area (Å²) < 4.78 is 44.6. The van der Waals surface area contributed by atoms with Crippen molar-refractivity contribution >= 4 is 23.5 Å². The minimum Gasteiger partial charge on any atom is -0.463 e. The first-order valence-corrected chi connectivity index (χ1v) is 8.42. The average Bonchev–Trinajstić information content (AvgIpc) is 2.91. The number of hydrogen-bond donors (Lipinski definition) is 1. The van der Waals surface area contributed by atoms with Crippen LogP contribution in [0, 0.1) is 11.8 Å². The van der Waals surface area contributed by atoms with Crippen LogP contribution in [0.1, 0.15) is 12.5 Å². The number of fused-ring (bicyclic) bond motifs is 1. The number of allylic oxidation sites excluding steroid dienone is 2. The van der Waals surface area contributed by atoms with Gasteiger partial charge in [0, 0.05) is 5.56 Å². The lowest BCUT2D eigenvalue weighted by atomic mass is 9.91. The molecule has 0 spiro atoms. The summed E-state index contributed by atoms with van der Waals surface area (Å²) in [5.41, 5.74) is -4.60. The third kappa shape index (κ3) is 2.91. The Bertz CT molecular complexity index is 845. The van der Waals surface area contributed by atoms with Gasteiger partial charge in [-0.05, 0) is 19.1 Å². The second-order valence-corrected chi connectivity index (χ2v) is 6.31. The molecule has 2 amide bonds. The zero-order chi connectivity index (χ0) is 20.7. The van der Waals surface area contributed by atoms with Crippen LogP contribution in [0.25, 0.3) is 0 Å². The Kier molecular flexibility index (Phi) is 4.88. The smallest absolute Gasteiger partial charge is 0.432 e. The molecule has 9 heteroatoms. The van der Waals surface area contributed by atoms with Crippen LogP contribution in [0.2, 0.25) is 0 Å². The number of carbonyl (C=O) groups excluding carboxylic acids is 3. The lowest BCUT2D eigenvalue weighted by Crippen LogP contribution is -2.50. The van der Waals surface area contributed by atoms with Gasteiger partial charge in [-0.25, -0.2) is 9.69 Å². The fourth-order valence-electron chi connectivity index (χ4n) is 3.22. The minimum absolute atomic E-state index is 0.0448. The third-order valence-electron chi connectivity index (χ3n) is 4.67. The van der Waals surface area contributed by atoms with E-state index in [0.717, 1.165) is 29.2 Å². The summed E-state index contributed by atoms with van der Waals surface area (Å²) in [6, 6.07) is 3.83. The molecular formula is C19H16F3NO5. The number of benzene rings is 1. The van der Waals surface area contributed by atoms with E-state index in [2.05, 4.69) is 4.74 Å². The van der Waals surface area contributed by atoms with E-state index in [1.165, 1.54) is 6.92 Å². The number of hydrogen-bond acceptors (Lipinski definition) is 5. The fourth-order valence-corrected chi connectivity index (χ4v) is 3.22. The maximum Gasteiger partial charge on any atom is 0.432 e. The van der Waals surface area contributed by atoms with E-state index >= 15 is 0 Å². The highest BCUT2D eigenvalue weighted by Crippen LogP contribution is 2.41. The van der Waals surface area contributed by atoms with Gasteiger partial charge < -0.3 is 9.84 Å². The molecule has 1 saturated heterocycles. The van der Waals surface area contributed by atoms with Crippen molar-refractivity contribution in [1.29, 1.82) is 0 Å². The van der Waals surface area contributed by atoms with Crippen molar-refractivity contribution in [1.82, 2.24) is 0 Å². The SMILES string of the molecule is CCOC(=O)[C@@](O)(c1ccc(N2C(=O)C3C=CC=CC3C2=O)cc1)C(F)(F)F. The Hall–Kier alpha value is -2.94. The standard InChI is InChI=1S/C19H16F3NO5/c1-2-28-17(26)18(27,19(20,21)22)11-7-9-12(10-8-11)23-15(24)13-5-3-4-6-14(13)16(23)25/h3-10,13-14,27H,2H2,1H3/t13?,14?,18-/m0/s1. The Morgan fingerprint density at radius 1 is 1.07 bits per heavy atom. The number of halogens is 3. The summed E-state index contributed by atoms with van der Waals surface area (Å²) in [7, 11) is 0. The van der Waals surface area contributed by atoms with Gasteiger partial charge in [-0.2, -0.15) is 13.2 Å². The van der Waals surface area contributed by atoms with Crippen LogP contribution in [0.15, 0.2) is 48.6 Å². The summed E-state index contributed by atoms with van der Waals surface area (Å²) in [5, 5.41) is 10.1. The van der Waals surface area contributed by atoms with Crippen molar-refractivity contribution in [3.63, 3.8) is 0 Å². The van der Waals surface area contributed by atoms with Crippen molar-refractivity contribution < 1.29 is 37.4 Å². The monoisotopic (exact) mass is 395 g/mol. The van der Waals surface area contributed by atoms with E-state index in [1.54, 1.807) is 24.3 Å². The molecule has 1 aliphatic heterocycles. The van der Waals surface area contributed by atoms with Gasteiger partial charge in [-0.3, -0.25) is 9.59 Å². The lowest BCUT2D eigenvalue weighted by molar-refractivity contribution is -0.267. The first kappa shape index (κ1) is 19.8. The number of anilines is 1.